The maximum absolute atomic E-state index is 13.1. The summed E-state index contributed by atoms with van der Waals surface area (Å²) in [6.45, 7) is 3.73. The number of nitrogens with zero attached hydrogens (tertiary/aromatic N) is 1. The quantitative estimate of drug-likeness (QED) is 0.904. The molecule has 1 aromatic carbocycles. The van der Waals surface area contributed by atoms with Gasteiger partial charge in [-0.15, -0.1) is 0 Å². The number of rotatable bonds is 4. The summed E-state index contributed by atoms with van der Waals surface area (Å²) < 4.78 is 18.3. The molecular weight excluding hydrogens is 231 g/mol. The van der Waals surface area contributed by atoms with E-state index in [2.05, 4.69) is 10.3 Å². The van der Waals surface area contributed by atoms with Crippen LogP contribution in [0, 0.1) is 19.7 Å². The summed E-state index contributed by atoms with van der Waals surface area (Å²) in [5.74, 6) is 0.454. The zero-order valence-corrected chi connectivity index (χ0v) is 10.8. The van der Waals surface area contributed by atoms with Crippen molar-refractivity contribution in [3.63, 3.8) is 0 Å². The maximum Gasteiger partial charge on any atom is 0.191 e. The molecule has 18 heavy (non-hydrogen) atoms. The molecule has 0 saturated carbocycles. The molecule has 1 heterocycles. The summed E-state index contributed by atoms with van der Waals surface area (Å²) in [4.78, 5) is 4.32. The van der Waals surface area contributed by atoms with Gasteiger partial charge in [-0.3, -0.25) is 0 Å². The second-order valence-corrected chi connectivity index (χ2v) is 4.41. The summed E-state index contributed by atoms with van der Waals surface area (Å²) in [6.07, 6.45) is 2.42. The van der Waals surface area contributed by atoms with Crippen molar-refractivity contribution < 1.29 is 8.81 Å². The van der Waals surface area contributed by atoms with Crippen LogP contribution in [0.5, 0.6) is 0 Å². The number of nitrogens with one attached hydrogen (secondary N) is 1. The molecule has 0 fully saturated rings. The summed E-state index contributed by atoms with van der Waals surface area (Å²) in [5, 5.41) is 3.21. The first-order valence-electron chi connectivity index (χ1n) is 5.94. The van der Waals surface area contributed by atoms with Crippen molar-refractivity contribution >= 4 is 0 Å². The van der Waals surface area contributed by atoms with Crippen molar-refractivity contribution in [3.05, 3.63) is 53.0 Å². The third-order valence-electron chi connectivity index (χ3n) is 3.07. The van der Waals surface area contributed by atoms with E-state index in [9.17, 15) is 4.39 Å². The fourth-order valence-electron chi connectivity index (χ4n) is 2.00. The highest BCUT2D eigenvalue weighted by atomic mass is 19.1. The molecule has 1 atom stereocenters. The van der Waals surface area contributed by atoms with Crippen LogP contribution in [0.2, 0.25) is 0 Å². The van der Waals surface area contributed by atoms with E-state index in [4.69, 9.17) is 4.42 Å². The van der Waals surface area contributed by atoms with Crippen LogP contribution in [0.25, 0.3) is 0 Å². The molecule has 1 unspecified atom stereocenters. The van der Waals surface area contributed by atoms with Crippen LogP contribution in [0.1, 0.15) is 28.8 Å². The Balaban J connectivity index is 2.20. The van der Waals surface area contributed by atoms with Gasteiger partial charge >= 0.3 is 0 Å². The monoisotopic (exact) mass is 248 g/mol. The average Bonchev–Trinajstić information content (AvgIpc) is 2.75. The number of hydrogen-bond acceptors (Lipinski definition) is 3. The second-order valence-electron chi connectivity index (χ2n) is 4.41. The first kappa shape index (κ1) is 12.8. The fourth-order valence-corrected chi connectivity index (χ4v) is 2.00. The van der Waals surface area contributed by atoms with Crippen molar-refractivity contribution in [2.75, 3.05) is 7.05 Å². The number of likely N-dealkylation sites (N-methyl/N-ethyl adjacent to an activating group) is 1. The average molecular weight is 248 g/mol. The Kier molecular flexibility index (Phi) is 3.77. The molecule has 96 valence electrons. The predicted octanol–water partition coefficient (Wildman–Crippen LogP) is 2.93. The summed E-state index contributed by atoms with van der Waals surface area (Å²) in [7, 11) is 1.88. The van der Waals surface area contributed by atoms with Crippen LogP contribution in [0.4, 0.5) is 4.39 Å². The van der Waals surface area contributed by atoms with Crippen LogP contribution in [0.3, 0.4) is 0 Å². The van der Waals surface area contributed by atoms with E-state index in [1.54, 1.807) is 12.3 Å². The minimum absolute atomic E-state index is 0.0756. The molecule has 2 aromatic rings. The van der Waals surface area contributed by atoms with E-state index in [1.165, 1.54) is 6.07 Å². The lowest BCUT2D eigenvalue weighted by Gasteiger charge is -2.15. The predicted molar refractivity (Wildman–Crippen MR) is 67.9 cm³/mol. The molecule has 2 rings (SSSR count). The molecule has 0 saturated heterocycles. The van der Waals surface area contributed by atoms with Crippen molar-refractivity contribution in [1.29, 1.82) is 0 Å². The number of hydrogen-bond donors (Lipinski definition) is 1. The normalized spacial score (nSPS) is 12.7. The zero-order valence-electron chi connectivity index (χ0n) is 10.8. The Hall–Kier alpha value is -1.68. The lowest BCUT2D eigenvalue weighted by atomic mass is 9.99. The molecule has 0 aliphatic carbocycles. The zero-order chi connectivity index (χ0) is 13.1. The number of benzene rings is 1. The first-order chi connectivity index (χ1) is 8.60. The standard InChI is InChI=1S/C14H17FN2O/c1-9-6-12(15)5-4-11(9)7-13(16-3)14-8-18-10(2)17-14/h4-6,8,13,16H,7H2,1-3H3. The first-order valence-corrected chi connectivity index (χ1v) is 5.94. The van der Waals surface area contributed by atoms with Gasteiger partial charge in [-0.1, -0.05) is 6.07 Å². The molecule has 3 nitrogen and oxygen atoms in total. The Morgan fingerprint density at radius 2 is 2.17 bits per heavy atom. The van der Waals surface area contributed by atoms with Gasteiger partial charge in [-0.25, -0.2) is 9.37 Å². The Labute approximate surface area is 106 Å². The van der Waals surface area contributed by atoms with Crippen molar-refractivity contribution in [2.45, 2.75) is 26.3 Å². The topological polar surface area (TPSA) is 38.1 Å². The van der Waals surface area contributed by atoms with Crippen LogP contribution in [-0.2, 0) is 6.42 Å². The van der Waals surface area contributed by atoms with E-state index in [0.717, 1.165) is 23.2 Å². The van der Waals surface area contributed by atoms with E-state index >= 15 is 0 Å². The van der Waals surface area contributed by atoms with Crippen LogP contribution in [0.15, 0.2) is 28.9 Å². The number of oxazole rings is 1. The Morgan fingerprint density at radius 1 is 1.39 bits per heavy atom. The van der Waals surface area contributed by atoms with E-state index in [-0.39, 0.29) is 11.9 Å². The van der Waals surface area contributed by atoms with Gasteiger partial charge in [0.1, 0.15) is 12.1 Å². The molecule has 0 aliphatic heterocycles. The van der Waals surface area contributed by atoms with Crippen molar-refractivity contribution in [3.8, 4) is 0 Å². The molecule has 0 aliphatic rings. The molecule has 1 aromatic heterocycles. The fraction of sp³-hybridized carbons (Fsp3) is 0.357. The largest absolute Gasteiger partial charge is 0.449 e. The molecule has 4 heteroatoms. The minimum Gasteiger partial charge on any atom is -0.449 e. The third kappa shape index (κ3) is 2.76. The van der Waals surface area contributed by atoms with Crippen molar-refractivity contribution in [1.82, 2.24) is 10.3 Å². The van der Waals surface area contributed by atoms with E-state index in [1.807, 2.05) is 27.0 Å². The van der Waals surface area contributed by atoms with Gasteiger partial charge in [0.2, 0.25) is 0 Å². The molecule has 0 amide bonds. The van der Waals surface area contributed by atoms with E-state index < -0.39 is 0 Å². The van der Waals surface area contributed by atoms with Crippen molar-refractivity contribution in [2.24, 2.45) is 0 Å². The Morgan fingerprint density at radius 3 is 2.72 bits per heavy atom. The lowest BCUT2D eigenvalue weighted by Crippen LogP contribution is -2.19. The van der Waals surface area contributed by atoms with Crippen LogP contribution < -0.4 is 5.32 Å². The maximum atomic E-state index is 13.1. The van der Waals surface area contributed by atoms with E-state index in [0.29, 0.717) is 5.89 Å². The number of aryl methyl sites for hydroxylation is 2. The van der Waals surface area contributed by atoms with Gasteiger partial charge in [-0.2, -0.15) is 0 Å². The smallest absolute Gasteiger partial charge is 0.191 e. The molecule has 0 spiro atoms. The SMILES string of the molecule is CNC(Cc1ccc(F)cc1C)c1coc(C)n1. The highest BCUT2D eigenvalue weighted by Gasteiger charge is 2.15. The van der Waals surface area contributed by atoms with Gasteiger partial charge in [0.25, 0.3) is 0 Å². The highest BCUT2D eigenvalue weighted by molar-refractivity contribution is 5.28. The minimum atomic E-state index is -0.200. The van der Waals surface area contributed by atoms with Gasteiger partial charge in [0.05, 0.1) is 11.7 Å². The molecule has 0 bridgehead atoms. The van der Waals surface area contributed by atoms with Crippen LogP contribution >= 0.6 is 0 Å². The molecule has 1 N–H and O–H groups in total. The summed E-state index contributed by atoms with van der Waals surface area (Å²) >= 11 is 0. The Bertz CT molecular complexity index is 536. The lowest BCUT2D eigenvalue weighted by molar-refractivity contribution is 0.516. The molecular formula is C14H17FN2O. The third-order valence-corrected chi connectivity index (χ3v) is 3.07. The van der Waals surface area contributed by atoms with Gasteiger partial charge < -0.3 is 9.73 Å². The van der Waals surface area contributed by atoms with Gasteiger partial charge in [0, 0.05) is 6.92 Å². The number of halogens is 1. The summed E-state index contributed by atoms with van der Waals surface area (Å²) in [6, 6.07) is 4.94. The summed E-state index contributed by atoms with van der Waals surface area (Å²) in [5.41, 5.74) is 2.94. The highest BCUT2D eigenvalue weighted by Crippen LogP contribution is 2.20. The van der Waals surface area contributed by atoms with Gasteiger partial charge in [0.15, 0.2) is 5.89 Å². The molecule has 0 radical (unpaired) electrons. The van der Waals surface area contributed by atoms with Gasteiger partial charge in [-0.05, 0) is 43.7 Å². The van der Waals surface area contributed by atoms with Crippen LogP contribution in [-0.4, -0.2) is 12.0 Å². The number of aromatic nitrogens is 1. The second kappa shape index (κ2) is 5.31.